The van der Waals surface area contributed by atoms with Crippen molar-refractivity contribution in [3.8, 4) is 0 Å². The molecule has 0 heterocycles. The van der Waals surface area contributed by atoms with Crippen LogP contribution in [-0.2, 0) is 4.79 Å². The lowest BCUT2D eigenvalue weighted by atomic mass is 10.0. The molecule has 0 aliphatic rings. The van der Waals surface area contributed by atoms with E-state index in [4.69, 9.17) is 4.79 Å². The van der Waals surface area contributed by atoms with Crippen LogP contribution >= 0.6 is 0 Å². The molecule has 0 aliphatic heterocycles. The van der Waals surface area contributed by atoms with Crippen LogP contribution in [0.2, 0.25) is 0 Å². The number of aldehydes is 1. The molecule has 0 saturated carbocycles. The quantitative estimate of drug-likeness (QED) is 0.363. The van der Waals surface area contributed by atoms with Crippen LogP contribution in [0, 0.1) is 0 Å². The Kier molecular flexibility index (Phi) is 37.0. The highest BCUT2D eigenvalue weighted by Crippen LogP contribution is 2.16. The van der Waals surface area contributed by atoms with Crippen molar-refractivity contribution in [1.82, 2.24) is 0 Å². The summed E-state index contributed by atoms with van der Waals surface area (Å²) in [6.07, 6.45) is 11.3. The normalized spacial score (nSPS) is 10.0. The third-order valence-electron chi connectivity index (χ3n) is 2.47. The summed E-state index contributed by atoms with van der Waals surface area (Å²) >= 11 is 0. The molecule has 0 aromatic heterocycles. The second kappa shape index (κ2) is 28.1. The lowest BCUT2D eigenvalue weighted by molar-refractivity contribution is -0.106. The Morgan fingerprint density at radius 1 is 1.00 bits per heavy atom. The summed E-state index contributed by atoms with van der Waals surface area (Å²) in [7, 11) is 0. The van der Waals surface area contributed by atoms with Crippen molar-refractivity contribution < 1.29 is 4.79 Å². The molecule has 132 valence electrons. The maximum absolute atomic E-state index is 8.81. The van der Waals surface area contributed by atoms with Crippen LogP contribution in [0.15, 0.2) is 35.5 Å². The summed E-state index contributed by atoms with van der Waals surface area (Å²) in [5.74, 6) is 0. The number of unbranched alkanes of at least 4 members (excludes halogenated alkanes) is 1. The minimum atomic E-state index is 0.750. The van der Waals surface area contributed by atoms with E-state index >= 15 is 0 Å². The van der Waals surface area contributed by atoms with Gasteiger partial charge in [0.1, 0.15) is 6.29 Å². The molecule has 22 heavy (non-hydrogen) atoms. The molecule has 0 radical (unpaired) electrons. The number of carbonyl (C=O) groups excluding carboxylic acids is 1. The van der Waals surface area contributed by atoms with Crippen LogP contribution in [-0.4, -0.2) is 6.29 Å². The first-order chi connectivity index (χ1) is 10.4. The zero-order valence-electron chi connectivity index (χ0n) is 16.9. The van der Waals surface area contributed by atoms with Crippen molar-refractivity contribution in [2.45, 2.75) is 94.4 Å². The maximum Gasteiger partial charge on any atom is 0.116 e. The van der Waals surface area contributed by atoms with Crippen molar-refractivity contribution >= 4 is 6.29 Å². The Morgan fingerprint density at radius 2 is 1.41 bits per heavy atom. The molecule has 0 spiro atoms. The summed E-state index contributed by atoms with van der Waals surface area (Å²) < 4.78 is 0. The highest BCUT2D eigenvalue weighted by atomic mass is 16.1. The first kappa shape index (κ1) is 29.0. The molecule has 0 unspecified atom stereocenters. The van der Waals surface area contributed by atoms with E-state index in [1.54, 1.807) is 0 Å². The molecule has 0 rings (SSSR count). The van der Waals surface area contributed by atoms with Gasteiger partial charge in [0.2, 0.25) is 0 Å². The van der Waals surface area contributed by atoms with Crippen LogP contribution in [0.25, 0.3) is 0 Å². The molecule has 0 atom stereocenters. The third kappa shape index (κ3) is 31.3. The Morgan fingerprint density at radius 3 is 1.68 bits per heavy atom. The Labute approximate surface area is 141 Å². The summed E-state index contributed by atoms with van der Waals surface area (Å²) in [5.41, 5.74) is 4.04. The number of hydrogen-bond donors (Lipinski definition) is 0. The van der Waals surface area contributed by atoms with Crippen molar-refractivity contribution in [2.75, 3.05) is 0 Å². The summed E-state index contributed by atoms with van der Waals surface area (Å²) in [6.45, 7) is 22.4. The van der Waals surface area contributed by atoms with Crippen molar-refractivity contribution in [3.05, 3.63) is 35.5 Å². The summed E-state index contributed by atoms with van der Waals surface area (Å²) in [5, 5.41) is 0. The minimum Gasteiger partial charge on any atom is -0.304 e. The van der Waals surface area contributed by atoms with Gasteiger partial charge < -0.3 is 4.79 Å². The third-order valence-corrected chi connectivity index (χ3v) is 2.47. The Balaban J connectivity index is -0.000000170. The van der Waals surface area contributed by atoms with Gasteiger partial charge in [-0.25, -0.2) is 0 Å². The Bertz CT molecular complexity index is 282. The van der Waals surface area contributed by atoms with Gasteiger partial charge in [0, 0.05) is 0 Å². The molecule has 0 amide bonds. The largest absolute Gasteiger partial charge is 0.304 e. The lowest BCUT2D eigenvalue weighted by Crippen LogP contribution is -1.85. The minimum absolute atomic E-state index is 0.750. The number of rotatable bonds is 6. The van der Waals surface area contributed by atoms with Crippen molar-refractivity contribution in [2.24, 2.45) is 0 Å². The monoisotopic (exact) mass is 310 g/mol. The van der Waals surface area contributed by atoms with E-state index in [9.17, 15) is 0 Å². The van der Waals surface area contributed by atoms with Gasteiger partial charge in [-0.15, -0.1) is 0 Å². The smallest absolute Gasteiger partial charge is 0.116 e. The molecule has 0 aromatic carbocycles. The van der Waals surface area contributed by atoms with Gasteiger partial charge in [-0.3, -0.25) is 0 Å². The van der Waals surface area contributed by atoms with Crippen molar-refractivity contribution in [3.63, 3.8) is 0 Å². The SMILES string of the molecule is C=C(C)/C(=C\C=C(/C)CC)CCCC.CC.CC=O.CCC. The van der Waals surface area contributed by atoms with Crippen molar-refractivity contribution in [1.29, 1.82) is 0 Å². The number of allylic oxidation sites excluding steroid dienone is 5. The number of hydrogen-bond acceptors (Lipinski definition) is 1. The average Bonchev–Trinajstić information content (AvgIpc) is 2.50. The van der Waals surface area contributed by atoms with E-state index in [0.29, 0.717) is 0 Å². The molecule has 0 aromatic rings. The fraction of sp³-hybridized carbons (Fsp3) is 0.667. The van der Waals surface area contributed by atoms with Gasteiger partial charge in [0.15, 0.2) is 0 Å². The van der Waals surface area contributed by atoms with Crippen LogP contribution in [0.3, 0.4) is 0 Å². The predicted octanol–water partition coefficient (Wildman–Crippen LogP) is 7.68. The molecule has 0 bridgehead atoms. The molecular formula is C21H42O. The second-order valence-electron chi connectivity index (χ2n) is 4.89. The standard InChI is InChI=1S/C14H24.C3H8.C2H4O.C2H6/c1-6-8-9-14(12(3)4)11-10-13(5)7-2;1-3-2;1-2-3;1-2/h10-11H,3,6-9H2,1-2,4-5H3;3H2,1-2H3;2H,1H3;1-2H3/b13-10+,14-11-;;;. The van der Waals surface area contributed by atoms with Gasteiger partial charge in [-0.1, -0.05) is 84.3 Å². The molecular weight excluding hydrogens is 268 g/mol. The molecule has 0 N–H and O–H groups in total. The molecule has 0 aliphatic carbocycles. The van der Waals surface area contributed by atoms with Crippen LogP contribution in [0.1, 0.15) is 94.4 Å². The zero-order valence-corrected chi connectivity index (χ0v) is 16.9. The van der Waals surface area contributed by atoms with Crippen LogP contribution in [0.5, 0.6) is 0 Å². The van der Waals surface area contributed by atoms with E-state index in [2.05, 4.69) is 60.3 Å². The van der Waals surface area contributed by atoms with E-state index in [-0.39, 0.29) is 0 Å². The molecule has 0 fully saturated rings. The Hall–Kier alpha value is -1.11. The van der Waals surface area contributed by atoms with Gasteiger partial charge in [-0.2, -0.15) is 0 Å². The first-order valence-electron chi connectivity index (χ1n) is 8.86. The summed E-state index contributed by atoms with van der Waals surface area (Å²) in [6, 6.07) is 0. The van der Waals surface area contributed by atoms with Crippen LogP contribution in [0.4, 0.5) is 0 Å². The van der Waals surface area contributed by atoms with Gasteiger partial charge in [-0.05, 0) is 45.6 Å². The zero-order chi connectivity index (χ0) is 18.4. The van der Waals surface area contributed by atoms with E-state index in [0.717, 1.165) is 12.7 Å². The summed E-state index contributed by atoms with van der Waals surface area (Å²) in [4.78, 5) is 8.81. The fourth-order valence-corrected chi connectivity index (χ4v) is 1.17. The van der Waals surface area contributed by atoms with E-state index < -0.39 is 0 Å². The topological polar surface area (TPSA) is 17.1 Å². The lowest BCUT2D eigenvalue weighted by Gasteiger charge is -2.04. The van der Waals surface area contributed by atoms with Gasteiger partial charge in [0.05, 0.1) is 0 Å². The highest BCUT2D eigenvalue weighted by molar-refractivity contribution is 5.44. The predicted molar refractivity (Wildman–Crippen MR) is 106 cm³/mol. The van der Waals surface area contributed by atoms with Gasteiger partial charge >= 0.3 is 0 Å². The fourth-order valence-electron chi connectivity index (χ4n) is 1.17. The number of carbonyl (C=O) groups is 1. The first-order valence-corrected chi connectivity index (χ1v) is 8.86. The van der Waals surface area contributed by atoms with Crippen LogP contribution < -0.4 is 0 Å². The van der Waals surface area contributed by atoms with Gasteiger partial charge in [0.25, 0.3) is 0 Å². The average molecular weight is 311 g/mol. The van der Waals surface area contributed by atoms with E-state index in [1.165, 1.54) is 49.3 Å². The molecule has 1 heteroatoms. The van der Waals surface area contributed by atoms with E-state index in [1.807, 2.05) is 13.8 Å². The highest BCUT2D eigenvalue weighted by Gasteiger charge is 1.96. The molecule has 0 saturated heterocycles. The molecule has 1 nitrogen and oxygen atoms in total. The maximum atomic E-state index is 8.81. The second-order valence-corrected chi connectivity index (χ2v) is 4.89.